The maximum atomic E-state index is 13.1. The van der Waals surface area contributed by atoms with Crippen molar-refractivity contribution >= 4 is 35.3 Å². The van der Waals surface area contributed by atoms with Gasteiger partial charge in [-0.3, -0.25) is 14.5 Å². The normalized spacial score (nSPS) is 18.0. The lowest BCUT2D eigenvalue weighted by Crippen LogP contribution is -2.42. The number of para-hydroxylation sites is 1. The zero-order chi connectivity index (χ0) is 23.5. The number of hydrogen-bond acceptors (Lipinski definition) is 6. The first-order valence-corrected chi connectivity index (χ1v) is 10.3. The van der Waals surface area contributed by atoms with Crippen LogP contribution in [0, 0.1) is 0 Å². The molecule has 4 amide bonds. The van der Waals surface area contributed by atoms with Gasteiger partial charge in [0.1, 0.15) is 12.1 Å². The summed E-state index contributed by atoms with van der Waals surface area (Å²) in [5, 5.41) is 5.08. The van der Waals surface area contributed by atoms with Gasteiger partial charge in [-0.2, -0.15) is 8.78 Å². The van der Waals surface area contributed by atoms with Gasteiger partial charge < -0.3 is 20.1 Å². The standard InChI is InChI=1S/C21H21F2N3O5S/c1-21(12-8-9-14(30-2)15(10-12)31-3)18(28)26(20(29)25-21)11-17(27)24-13-6-4-5-7-16(13)32-19(22)23/h4-10,19H,11H2,1-3H3,(H,24,27)(H,25,29). The molecule has 1 heterocycles. The van der Waals surface area contributed by atoms with E-state index in [2.05, 4.69) is 10.6 Å². The summed E-state index contributed by atoms with van der Waals surface area (Å²) in [6, 6.07) is 10.1. The molecule has 170 valence electrons. The quantitative estimate of drug-likeness (QED) is 0.458. The molecule has 0 spiro atoms. The van der Waals surface area contributed by atoms with E-state index in [1.807, 2.05) is 0 Å². The largest absolute Gasteiger partial charge is 0.493 e. The van der Waals surface area contributed by atoms with Gasteiger partial charge in [0.25, 0.3) is 11.7 Å². The van der Waals surface area contributed by atoms with Crippen LogP contribution in [0.1, 0.15) is 12.5 Å². The molecule has 0 radical (unpaired) electrons. The highest BCUT2D eigenvalue weighted by molar-refractivity contribution is 7.99. The summed E-state index contributed by atoms with van der Waals surface area (Å²) in [4.78, 5) is 39.0. The number of halogens is 2. The second-order valence-corrected chi connectivity index (χ2v) is 7.97. The van der Waals surface area contributed by atoms with Gasteiger partial charge in [-0.25, -0.2) is 4.79 Å². The molecule has 32 heavy (non-hydrogen) atoms. The van der Waals surface area contributed by atoms with E-state index in [1.165, 1.54) is 33.3 Å². The van der Waals surface area contributed by atoms with Gasteiger partial charge in [0, 0.05) is 4.90 Å². The molecule has 1 unspecified atom stereocenters. The molecule has 1 fully saturated rings. The number of ether oxygens (including phenoxy) is 2. The molecule has 0 bridgehead atoms. The lowest BCUT2D eigenvalue weighted by Gasteiger charge is -2.23. The van der Waals surface area contributed by atoms with Crippen LogP contribution in [-0.2, 0) is 15.1 Å². The van der Waals surface area contributed by atoms with Gasteiger partial charge in [-0.15, -0.1) is 0 Å². The second kappa shape index (κ2) is 9.43. The van der Waals surface area contributed by atoms with Gasteiger partial charge in [0.2, 0.25) is 5.91 Å². The van der Waals surface area contributed by atoms with Crippen LogP contribution < -0.4 is 20.1 Å². The molecule has 2 aromatic carbocycles. The second-order valence-electron chi connectivity index (χ2n) is 6.94. The van der Waals surface area contributed by atoms with Crippen molar-refractivity contribution in [2.75, 3.05) is 26.1 Å². The molecule has 1 aliphatic heterocycles. The molecule has 1 aliphatic rings. The van der Waals surface area contributed by atoms with Crippen LogP contribution in [-0.4, -0.2) is 49.3 Å². The smallest absolute Gasteiger partial charge is 0.325 e. The molecule has 1 atom stereocenters. The van der Waals surface area contributed by atoms with Gasteiger partial charge in [0.15, 0.2) is 11.5 Å². The summed E-state index contributed by atoms with van der Waals surface area (Å²) >= 11 is 0.284. The number of urea groups is 1. The fourth-order valence-corrected chi connectivity index (χ4v) is 3.88. The highest BCUT2D eigenvalue weighted by Gasteiger charge is 2.49. The summed E-state index contributed by atoms with van der Waals surface area (Å²) in [5.41, 5.74) is -0.826. The fraction of sp³-hybridized carbons (Fsp3) is 0.286. The minimum atomic E-state index is -2.67. The Morgan fingerprint density at radius 1 is 1.16 bits per heavy atom. The number of carbonyl (C=O) groups excluding carboxylic acids is 3. The third-order valence-corrected chi connectivity index (χ3v) is 5.70. The Labute approximate surface area is 187 Å². The monoisotopic (exact) mass is 465 g/mol. The molecule has 0 saturated carbocycles. The highest BCUT2D eigenvalue weighted by Crippen LogP contribution is 2.35. The number of methoxy groups -OCH3 is 2. The summed E-state index contributed by atoms with van der Waals surface area (Å²) < 4.78 is 35.9. The van der Waals surface area contributed by atoms with E-state index < -0.39 is 35.7 Å². The van der Waals surface area contributed by atoms with Crippen LogP contribution >= 0.6 is 11.8 Å². The number of nitrogens with zero attached hydrogens (tertiary/aromatic N) is 1. The Hall–Kier alpha value is -3.34. The SMILES string of the molecule is COc1ccc(C2(C)NC(=O)N(CC(=O)Nc3ccccc3SC(F)F)C2=O)cc1OC. The number of benzene rings is 2. The van der Waals surface area contributed by atoms with E-state index in [4.69, 9.17) is 9.47 Å². The number of carbonyl (C=O) groups is 3. The third-order valence-electron chi connectivity index (χ3n) is 4.91. The van der Waals surface area contributed by atoms with Crippen LogP contribution in [0.2, 0.25) is 0 Å². The van der Waals surface area contributed by atoms with Crippen LogP contribution in [0.15, 0.2) is 47.4 Å². The third kappa shape index (κ3) is 4.62. The number of amides is 4. The first-order chi connectivity index (χ1) is 15.2. The Morgan fingerprint density at radius 2 is 1.84 bits per heavy atom. The van der Waals surface area contributed by atoms with Crippen molar-refractivity contribution < 1.29 is 32.6 Å². The Balaban J connectivity index is 1.78. The Morgan fingerprint density at radius 3 is 2.50 bits per heavy atom. The summed E-state index contributed by atoms with van der Waals surface area (Å²) in [6.45, 7) is 0.933. The van der Waals surface area contributed by atoms with Crippen LogP contribution in [0.5, 0.6) is 11.5 Å². The molecule has 0 aromatic heterocycles. The molecule has 3 rings (SSSR count). The van der Waals surface area contributed by atoms with E-state index >= 15 is 0 Å². The summed E-state index contributed by atoms with van der Waals surface area (Å²) in [5.74, 6) is -3.18. The number of thioether (sulfide) groups is 1. The Bertz CT molecular complexity index is 1050. The topological polar surface area (TPSA) is 97.0 Å². The lowest BCUT2D eigenvalue weighted by molar-refractivity contribution is -0.133. The fourth-order valence-electron chi connectivity index (χ4n) is 3.29. The molecular formula is C21H21F2N3O5S. The predicted octanol–water partition coefficient (Wildman–Crippen LogP) is 3.42. The molecule has 2 N–H and O–H groups in total. The van der Waals surface area contributed by atoms with Crippen LogP contribution in [0.25, 0.3) is 0 Å². The van der Waals surface area contributed by atoms with Gasteiger partial charge in [-0.1, -0.05) is 30.0 Å². The highest BCUT2D eigenvalue weighted by atomic mass is 32.2. The van der Waals surface area contributed by atoms with E-state index in [1.54, 1.807) is 30.3 Å². The van der Waals surface area contributed by atoms with Crippen molar-refractivity contribution in [1.29, 1.82) is 0 Å². The van der Waals surface area contributed by atoms with Crippen molar-refractivity contribution in [3.63, 3.8) is 0 Å². The van der Waals surface area contributed by atoms with E-state index in [0.29, 0.717) is 17.1 Å². The molecule has 1 saturated heterocycles. The van der Waals surface area contributed by atoms with Gasteiger partial charge in [0.05, 0.1) is 19.9 Å². The van der Waals surface area contributed by atoms with Crippen molar-refractivity contribution in [3.8, 4) is 11.5 Å². The van der Waals surface area contributed by atoms with Crippen molar-refractivity contribution in [1.82, 2.24) is 10.2 Å². The minimum absolute atomic E-state index is 0.164. The minimum Gasteiger partial charge on any atom is -0.493 e. The number of imide groups is 1. The first-order valence-electron chi connectivity index (χ1n) is 9.40. The molecule has 0 aliphatic carbocycles. The first kappa shape index (κ1) is 23.3. The van der Waals surface area contributed by atoms with Gasteiger partial charge in [-0.05, 0) is 36.8 Å². The molecular weight excluding hydrogens is 444 g/mol. The number of nitrogens with one attached hydrogen (secondary N) is 2. The maximum Gasteiger partial charge on any atom is 0.325 e. The van der Waals surface area contributed by atoms with Crippen molar-refractivity contribution in [2.24, 2.45) is 0 Å². The number of alkyl halides is 2. The van der Waals surface area contributed by atoms with Crippen LogP contribution in [0.3, 0.4) is 0 Å². The zero-order valence-corrected chi connectivity index (χ0v) is 18.3. The zero-order valence-electron chi connectivity index (χ0n) is 17.5. The number of hydrogen-bond donors (Lipinski definition) is 2. The summed E-state index contributed by atoms with van der Waals surface area (Å²) in [6.07, 6.45) is 0. The average Bonchev–Trinajstić information content (AvgIpc) is 2.98. The van der Waals surface area contributed by atoms with E-state index in [9.17, 15) is 23.2 Å². The molecule has 8 nitrogen and oxygen atoms in total. The van der Waals surface area contributed by atoms with Crippen molar-refractivity contribution in [2.45, 2.75) is 23.1 Å². The molecule has 11 heteroatoms. The maximum absolute atomic E-state index is 13.1. The van der Waals surface area contributed by atoms with Gasteiger partial charge >= 0.3 is 6.03 Å². The average molecular weight is 465 g/mol. The molecule has 2 aromatic rings. The lowest BCUT2D eigenvalue weighted by atomic mass is 9.91. The Kier molecular flexibility index (Phi) is 6.87. The van der Waals surface area contributed by atoms with E-state index in [0.717, 1.165) is 4.90 Å². The number of rotatable bonds is 8. The summed E-state index contributed by atoms with van der Waals surface area (Å²) in [7, 11) is 2.92. The van der Waals surface area contributed by atoms with Crippen LogP contribution in [0.4, 0.5) is 19.3 Å². The predicted molar refractivity (Wildman–Crippen MR) is 114 cm³/mol. The number of anilines is 1. The van der Waals surface area contributed by atoms with Crippen molar-refractivity contribution in [3.05, 3.63) is 48.0 Å². The van der Waals surface area contributed by atoms with E-state index in [-0.39, 0.29) is 22.3 Å².